The fourth-order valence-corrected chi connectivity index (χ4v) is 2.01. The van der Waals surface area contributed by atoms with Crippen LogP contribution in [-0.4, -0.2) is 27.6 Å². The molecular formula is C13H11Cl2F3N4O. The quantitative estimate of drug-likeness (QED) is 0.832. The third kappa shape index (κ3) is 4.59. The molecule has 2 heterocycles. The molecule has 10 heteroatoms. The largest absolute Gasteiger partial charge is 0.471 e. The van der Waals surface area contributed by atoms with E-state index in [0.717, 1.165) is 12.4 Å². The van der Waals surface area contributed by atoms with Gasteiger partial charge in [-0.2, -0.15) is 0 Å². The van der Waals surface area contributed by atoms with E-state index in [1.807, 2.05) is 0 Å². The van der Waals surface area contributed by atoms with Crippen molar-refractivity contribution in [1.82, 2.24) is 15.0 Å². The summed E-state index contributed by atoms with van der Waals surface area (Å²) >= 11 is 11.4. The average Bonchev–Trinajstić information content (AvgIpc) is 2.49. The van der Waals surface area contributed by atoms with E-state index in [2.05, 4.69) is 20.3 Å². The normalized spacial score (nSPS) is 12.3. The zero-order valence-corrected chi connectivity index (χ0v) is 13.2. The van der Waals surface area contributed by atoms with Gasteiger partial charge in [-0.25, -0.2) is 28.1 Å². The topological polar surface area (TPSA) is 59.9 Å². The van der Waals surface area contributed by atoms with E-state index in [9.17, 15) is 13.2 Å². The summed E-state index contributed by atoms with van der Waals surface area (Å²) in [5.41, 5.74) is -0.567. The van der Waals surface area contributed by atoms with Gasteiger partial charge in [0.25, 0.3) is 12.3 Å². The molecule has 2 aromatic rings. The Labute approximate surface area is 139 Å². The number of nitrogens with zero attached hydrogens (tertiary/aromatic N) is 3. The number of halogens is 5. The highest BCUT2D eigenvalue weighted by molar-refractivity contribution is 6.33. The fourth-order valence-electron chi connectivity index (χ4n) is 1.62. The van der Waals surface area contributed by atoms with Gasteiger partial charge in [0.15, 0.2) is 5.82 Å². The predicted molar refractivity (Wildman–Crippen MR) is 79.8 cm³/mol. The van der Waals surface area contributed by atoms with E-state index in [4.69, 9.17) is 27.9 Å². The minimum atomic E-state index is -2.81. The Balaban J connectivity index is 1.99. The molecule has 2 rings (SSSR count). The Bertz CT molecular complexity index is 690. The van der Waals surface area contributed by atoms with Gasteiger partial charge in [0, 0.05) is 6.20 Å². The third-order valence-electron chi connectivity index (χ3n) is 2.67. The molecule has 0 radical (unpaired) electrons. The van der Waals surface area contributed by atoms with Crippen molar-refractivity contribution in [2.45, 2.75) is 19.5 Å². The van der Waals surface area contributed by atoms with Gasteiger partial charge in [0.2, 0.25) is 0 Å². The molecule has 0 aliphatic heterocycles. The summed E-state index contributed by atoms with van der Waals surface area (Å²) < 4.78 is 44.2. The number of aromatic nitrogens is 3. The molecule has 1 unspecified atom stereocenters. The van der Waals surface area contributed by atoms with Crippen LogP contribution in [0, 0.1) is 5.82 Å². The van der Waals surface area contributed by atoms with Crippen molar-refractivity contribution >= 4 is 29.0 Å². The van der Waals surface area contributed by atoms with Crippen molar-refractivity contribution in [3.8, 4) is 5.88 Å². The summed E-state index contributed by atoms with van der Waals surface area (Å²) in [5.74, 6) is -0.882. The first kappa shape index (κ1) is 17.6. The molecule has 0 aromatic carbocycles. The lowest BCUT2D eigenvalue weighted by Gasteiger charge is -2.16. The number of nitrogens with one attached hydrogen (secondary N) is 1. The molecule has 124 valence electrons. The van der Waals surface area contributed by atoms with E-state index >= 15 is 0 Å². The van der Waals surface area contributed by atoms with Crippen LogP contribution in [0.5, 0.6) is 5.88 Å². The monoisotopic (exact) mass is 366 g/mol. The molecule has 23 heavy (non-hydrogen) atoms. The van der Waals surface area contributed by atoms with E-state index < -0.39 is 24.0 Å². The molecule has 0 saturated heterocycles. The van der Waals surface area contributed by atoms with Crippen LogP contribution in [0.3, 0.4) is 0 Å². The zero-order valence-electron chi connectivity index (χ0n) is 11.7. The van der Waals surface area contributed by atoms with Gasteiger partial charge in [0.05, 0.1) is 11.6 Å². The number of hydrogen-bond acceptors (Lipinski definition) is 5. The van der Waals surface area contributed by atoms with Crippen LogP contribution < -0.4 is 10.1 Å². The second-order valence-corrected chi connectivity index (χ2v) is 5.29. The molecule has 1 N–H and O–H groups in total. The van der Waals surface area contributed by atoms with E-state index in [-0.39, 0.29) is 28.3 Å². The summed E-state index contributed by atoms with van der Waals surface area (Å²) in [7, 11) is 0. The number of pyridine rings is 1. The maximum atomic E-state index is 13.6. The van der Waals surface area contributed by atoms with Crippen LogP contribution in [0.25, 0.3) is 0 Å². The number of ether oxygens (including phenoxy) is 1. The Kier molecular flexibility index (Phi) is 5.84. The smallest absolute Gasteiger partial charge is 0.282 e. The number of alkyl halides is 2. The number of anilines is 1. The van der Waals surface area contributed by atoms with Crippen LogP contribution in [0.4, 0.5) is 19.0 Å². The van der Waals surface area contributed by atoms with E-state index in [1.54, 1.807) is 6.92 Å². The first-order valence-corrected chi connectivity index (χ1v) is 7.14. The summed E-state index contributed by atoms with van der Waals surface area (Å²) in [6, 6.07) is 1.07. The SMILES string of the molecule is CC(CNc1ncnc(C(F)F)c1Cl)Oc1ncc(Cl)cc1F. The Morgan fingerprint density at radius 1 is 1.26 bits per heavy atom. The fraction of sp³-hybridized carbons (Fsp3) is 0.308. The van der Waals surface area contributed by atoms with Crippen molar-refractivity contribution in [2.75, 3.05) is 11.9 Å². The van der Waals surface area contributed by atoms with Gasteiger partial charge in [-0.15, -0.1) is 0 Å². The Morgan fingerprint density at radius 2 is 2.00 bits per heavy atom. The van der Waals surface area contributed by atoms with Crippen molar-refractivity contribution in [2.24, 2.45) is 0 Å². The molecule has 0 fully saturated rings. The first-order valence-electron chi connectivity index (χ1n) is 6.38. The van der Waals surface area contributed by atoms with Crippen molar-refractivity contribution in [1.29, 1.82) is 0 Å². The van der Waals surface area contributed by atoms with Gasteiger partial charge < -0.3 is 10.1 Å². The highest BCUT2D eigenvalue weighted by atomic mass is 35.5. The lowest BCUT2D eigenvalue weighted by molar-refractivity contribution is 0.146. The second kappa shape index (κ2) is 7.65. The molecule has 0 saturated carbocycles. The maximum Gasteiger partial charge on any atom is 0.282 e. The molecule has 5 nitrogen and oxygen atoms in total. The minimum Gasteiger partial charge on any atom is -0.471 e. The van der Waals surface area contributed by atoms with Crippen molar-refractivity contribution in [3.63, 3.8) is 0 Å². The minimum absolute atomic E-state index is 0.0388. The molecule has 2 aromatic heterocycles. The molecular weight excluding hydrogens is 356 g/mol. The molecule has 0 bridgehead atoms. The van der Waals surface area contributed by atoms with Gasteiger partial charge in [-0.3, -0.25) is 0 Å². The Hall–Kier alpha value is -1.80. The van der Waals surface area contributed by atoms with Crippen LogP contribution in [-0.2, 0) is 0 Å². The lowest BCUT2D eigenvalue weighted by atomic mass is 10.3. The van der Waals surface area contributed by atoms with Gasteiger partial charge in [0.1, 0.15) is 29.0 Å². The average molecular weight is 367 g/mol. The third-order valence-corrected chi connectivity index (χ3v) is 3.25. The summed E-state index contributed by atoms with van der Waals surface area (Å²) in [6.07, 6.45) is -1.14. The van der Waals surface area contributed by atoms with Gasteiger partial charge in [-0.1, -0.05) is 23.2 Å². The predicted octanol–water partition coefficient (Wildman–Crippen LogP) is 4.13. The van der Waals surface area contributed by atoms with Crippen LogP contribution in [0.15, 0.2) is 18.6 Å². The van der Waals surface area contributed by atoms with E-state index in [1.165, 1.54) is 6.20 Å². The maximum absolute atomic E-state index is 13.6. The Morgan fingerprint density at radius 3 is 2.65 bits per heavy atom. The second-order valence-electron chi connectivity index (χ2n) is 4.47. The van der Waals surface area contributed by atoms with Crippen LogP contribution >= 0.6 is 23.2 Å². The molecule has 1 atom stereocenters. The lowest BCUT2D eigenvalue weighted by Crippen LogP contribution is -2.24. The highest BCUT2D eigenvalue weighted by Crippen LogP contribution is 2.29. The van der Waals surface area contributed by atoms with Crippen LogP contribution in [0.2, 0.25) is 10.0 Å². The van der Waals surface area contributed by atoms with E-state index in [0.29, 0.717) is 0 Å². The zero-order chi connectivity index (χ0) is 17.0. The summed E-state index contributed by atoms with van der Waals surface area (Å²) in [5, 5.41) is 2.61. The van der Waals surface area contributed by atoms with Crippen LogP contribution in [0.1, 0.15) is 19.0 Å². The van der Waals surface area contributed by atoms with Gasteiger partial charge in [-0.05, 0) is 13.0 Å². The summed E-state index contributed by atoms with van der Waals surface area (Å²) in [6.45, 7) is 1.76. The van der Waals surface area contributed by atoms with Crippen molar-refractivity contribution < 1.29 is 17.9 Å². The molecule has 0 spiro atoms. The molecule has 0 amide bonds. The van der Waals surface area contributed by atoms with Gasteiger partial charge >= 0.3 is 0 Å². The number of rotatable bonds is 6. The highest BCUT2D eigenvalue weighted by Gasteiger charge is 2.18. The number of hydrogen-bond donors (Lipinski definition) is 1. The molecule has 0 aliphatic rings. The first-order chi connectivity index (χ1) is 10.9. The standard InChI is InChI=1S/C13H11Cl2F3N4O/c1-6(23-13-8(16)2-7(14)4-20-13)3-19-12-9(15)10(11(17)18)21-5-22-12/h2,4-6,11H,3H2,1H3,(H,19,21,22). The summed E-state index contributed by atoms with van der Waals surface area (Å²) in [4.78, 5) is 10.9. The van der Waals surface area contributed by atoms with Crippen molar-refractivity contribution in [3.05, 3.63) is 40.1 Å². The molecule has 0 aliphatic carbocycles.